The van der Waals surface area contributed by atoms with Crippen molar-refractivity contribution in [1.82, 2.24) is 5.06 Å². The molecule has 1 aliphatic rings. The lowest BCUT2D eigenvalue weighted by Crippen LogP contribution is -2.26. The van der Waals surface area contributed by atoms with E-state index in [1.165, 1.54) is 23.3 Å². The molecule has 1 aromatic carbocycles. The molecule has 0 unspecified atom stereocenters. The zero-order chi connectivity index (χ0) is 10.8. The predicted molar refractivity (Wildman–Crippen MR) is 54.7 cm³/mol. The van der Waals surface area contributed by atoms with Gasteiger partial charge >= 0.3 is 0 Å². The van der Waals surface area contributed by atoms with Gasteiger partial charge in [-0.05, 0) is 24.6 Å². The second-order valence-corrected chi connectivity index (χ2v) is 3.67. The fourth-order valence-corrected chi connectivity index (χ4v) is 1.57. The molecule has 1 aliphatic heterocycles. The molecular formula is C10H10ClNO3. The van der Waals surface area contributed by atoms with E-state index in [1.807, 2.05) is 0 Å². The van der Waals surface area contributed by atoms with Crippen LogP contribution in [0.2, 0.25) is 5.02 Å². The highest BCUT2D eigenvalue weighted by atomic mass is 35.5. The fraction of sp³-hybridized carbons (Fsp3) is 0.300. The van der Waals surface area contributed by atoms with Gasteiger partial charge in [-0.1, -0.05) is 11.6 Å². The highest BCUT2D eigenvalue weighted by Gasteiger charge is 2.21. The minimum atomic E-state index is -0.227. The quantitative estimate of drug-likeness (QED) is 0.796. The number of hydroxylamine groups is 2. The Hall–Kier alpha value is -1.26. The topological polar surface area (TPSA) is 49.8 Å². The standard InChI is InChI=1S/C10H10ClNO3/c11-8-6-7(2-3-9(8)13)10(14)12-4-1-5-15-12/h2-3,6,13H,1,4-5H2. The first-order valence-electron chi connectivity index (χ1n) is 4.62. The molecule has 1 fully saturated rings. The summed E-state index contributed by atoms with van der Waals surface area (Å²) < 4.78 is 0. The number of carbonyl (C=O) groups excluding carboxylic acids is 1. The van der Waals surface area contributed by atoms with Gasteiger partial charge < -0.3 is 5.11 Å². The molecule has 0 radical (unpaired) electrons. The Labute approximate surface area is 92.0 Å². The predicted octanol–water partition coefficient (Wildman–Crippen LogP) is 1.82. The van der Waals surface area contributed by atoms with Gasteiger partial charge in [0.2, 0.25) is 0 Å². The van der Waals surface area contributed by atoms with Crippen LogP contribution in [0, 0.1) is 0 Å². The molecule has 2 rings (SSSR count). The van der Waals surface area contributed by atoms with Gasteiger partial charge in [-0.25, -0.2) is 5.06 Å². The van der Waals surface area contributed by atoms with Gasteiger partial charge in [0, 0.05) is 5.56 Å². The van der Waals surface area contributed by atoms with Crippen molar-refractivity contribution in [3.63, 3.8) is 0 Å². The molecule has 15 heavy (non-hydrogen) atoms. The summed E-state index contributed by atoms with van der Waals surface area (Å²) in [5, 5.41) is 10.7. The molecule has 0 aliphatic carbocycles. The molecule has 1 saturated heterocycles. The van der Waals surface area contributed by atoms with Crippen molar-refractivity contribution in [3.8, 4) is 5.75 Å². The smallest absolute Gasteiger partial charge is 0.277 e. The van der Waals surface area contributed by atoms with Crippen molar-refractivity contribution in [3.05, 3.63) is 28.8 Å². The average molecular weight is 228 g/mol. The van der Waals surface area contributed by atoms with Gasteiger partial charge in [-0.3, -0.25) is 9.63 Å². The molecule has 80 valence electrons. The molecule has 1 amide bonds. The van der Waals surface area contributed by atoms with Crippen LogP contribution in [-0.2, 0) is 4.84 Å². The molecule has 0 aromatic heterocycles. The van der Waals surface area contributed by atoms with E-state index in [0.29, 0.717) is 18.7 Å². The first kappa shape index (κ1) is 10.3. The number of phenolic OH excluding ortho intramolecular Hbond substituents is 1. The van der Waals surface area contributed by atoms with Gasteiger partial charge in [0.15, 0.2) is 0 Å². The molecule has 4 nitrogen and oxygen atoms in total. The van der Waals surface area contributed by atoms with Gasteiger partial charge in [-0.15, -0.1) is 0 Å². The van der Waals surface area contributed by atoms with Crippen molar-refractivity contribution < 1.29 is 14.7 Å². The number of hydrogen-bond acceptors (Lipinski definition) is 3. The van der Waals surface area contributed by atoms with Gasteiger partial charge in [0.05, 0.1) is 18.2 Å². The lowest BCUT2D eigenvalue weighted by molar-refractivity contribution is -0.0768. The van der Waals surface area contributed by atoms with Crippen LogP contribution in [0.3, 0.4) is 0 Å². The molecule has 0 saturated carbocycles. The first-order chi connectivity index (χ1) is 7.18. The Morgan fingerprint density at radius 1 is 1.53 bits per heavy atom. The summed E-state index contributed by atoms with van der Waals surface area (Å²) >= 11 is 5.70. The van der Waals surface area contributed by atoms with Gasteiger partial charge in [-0.2, -0.15) is 0 Å². The molecule has 0 spiro atoms. The molecule has 1 aromatic rings. The number of carbonyl (C=O) groups is 1. The third-order valence-electron chi connectivity index (χ3n) is 2.17. The maximum Gasteiger partial charge on any atom is 0.277 e. The summed E-state index contributed by atoms with van der Waals surface area (Å²) in [5.41, 5.74) is 0.416. The van der Waals surface area contributed by atoms with Crippen LogP contribution in [0.15, 0.2) is 18.2 Å². The third-order valence-corrected chi connectivity index (χ3v) is 2.48. The Bertz CT molecular complexity index is 388. The Morgan fingerprint density at radius 3 is 2.93 bits per heavy atom. The van der Waals surface area contributed by atoms with Gasteiger partial charge in [0.1, 0.15) is 5.75 Å². The normalized spacial score (nSPS) is 15.7. The SMILES string of the molecule is O=C(c1ccc(O)c(Cl)c1)N1CCCO1. The summed E-state index contributed by atoms with van der Waals surface area (Å²) in [7, 11) is 0. The summed E-state index contributed by atoms with van der Waals surface area (Å²) in [6.45, 7) is 1.16. The van der Waals surface area contributed by atoms with Crippen molar-refractivity contribution in [2.24, 2.45) is 0 Å². The Balaban J connectivity index is 2.21. The molecule has 0 bridgehead atoms. The van der Waals surface area contributed by atoms with Crippen LogP contribution in [0.1, 0.15) is 16.8 Å². The van der Waals surface area contributed by atoms with E-state index in [-0.39, 0.29) is 16.7 Å². The molecular weight excluding hydrogens is 218 g/mol. The number of amides is 1. The van der Waals surface area contributed by atoms with Gasteiger partial charge in [0.25, 0.3) is 5.91 Å². The summed E-state index contributed by atoms with van der Waals surface area (Å²) in [6.07, 6.45) is 0.845. The second-order valence-electron chi connectivity index (χ2n) is 3.26. The fourth-order valence-electron chi connectivity index (χ4n) is 1.39. The van der Waals surface area contributed by atoms with Crippen LogP contribution >= 0.6 is 11.6 Å². The number of hydrogen-bond donors (Lipinski definition) is 1. The van der Waals surface area contributed by atoms with Crippen LogP contribution in [0.25, 0.3) is 0 Å². The van der Waals surface area contributed by atoms with E-state index in [2.05, 4.69) is 0 Å². The highest BCUT2D eigenvalue weighted by Crippen LogP contribution is 2.24. The number of benzene rings is 1. The Morgan fingerprint density at radius 2 is 2.33 bits per heavy atom. The number of halogens is 1. The van der Waals surface area contributed by atoms with E-state index in [4.69, 9.17) is 16.4 Å². The second kappa shape index (κ2) is 4.08. The Kier molecular flexibility index (Phi) is 2.79. The van der Waals surface area contributed by atoms with Crippen LogP contribution in [0.4, 0.5) is 0 Å². The minimum Gasteiger partial charge on any atom is -0.506 e. The summed E-state index contributed by atoms with van der Waals surface area (Å²) in [6, 6.07) is 4.35. The van der Waals surface area contributed by atoms with E-state index in [0.717, 1.165) is 6.42 Å². The molecule has 1 heterocycles. The molecule has 1 N–H and O–H groups in total. The number of rotatable bonds is 1. The van der Waals surface area contributed by atoms with E-state index < -0.39 is 0 Å². The van der Waals surface area contributed by atoms with Crippen molar-refractivity contribution in [2.45, 2.75) is 6.42 Å². The summed E-state index contributed by atoms with van der Waals surface area (Å²) in [5.74, 6) is -0.259. The molecule has 5 heteroatoms. The average Bonchev–Trinajstić information content (AvgIpc) is 2.74. The van der Waals surface area contributed by atoms with Crippen molar-refractivity contribution in [1.29, 1.82) is 0 Å². The highest BCUT2D eigenvalue weighted by molar-refractivity contribution is 6.32. The van der Waals surface area contributed by atoms with Crippen LogP contribution < -0.4 is 0 Å². The zero-order valence-corrected chi connectivity index (χ0v) is 8.70. The van der Waals surface area contributed by atoms with E-state index >= 15 is 0 Å². The minimum absolute atomic E-state index is 0.0319. The third kappa shape index (κ3) is 2.06. The van der Waals surface area contributed by atoms with E-state index in [9.17, 15) is 9.90 Å². The molecule has 0 atom stereocenters. The van der Waals surface area contributed by atoms with E-state index in [1.54, 1.807) is 0 Å². The maximum absolute atomic E-state index is 11.8. The van der Waals surface area contributed by atoms with Crippen LogP contribution in [0.5, 0.6) is 5.75 Å². The number of phenols is 1. The monoisotopic (exact) mass is 227 g/mol. The largest absolute Gasteiger partial charge is 0.506 e. The lowest BCUT2D eigenvalue weighted by atomic mass is 10.2. The summed E-state index contributed by atoms with van der Waals surface area (Å²) in [4.78, 5) is 16.9. The lowest BCUT2D eigenvalue weighted by Gasteiger charge is -2.13. The first-order valence-corrected chi connectivity index (χ1v) is 4.99. The van der Waals surface area contributed by atoms with Crippen molar-refractivity contribution >= 4 is 17.5 Å². The zero-order valence-electron chi connectivity index (χ0n) is 7.94. The maximum atomic E-state index is 11.8. The van der Waals surface area contributed by atoms with Crippen LogP contribution in [-0.4, -0.2) is 29.2 Å². The number of aromatic hydroxyl groups is 1. The van der Waals surface area contributed by atoms with Crippen molar-refractivity contribution in [2.75, 3.05) is 13.2 Å². The number of nitrogens with zero attached hydrogens (tertiary/aromatic N) is 1.